The van der Waals surface area contributed by atoms with E-state index in [9.17, 15) is 5.21 Å². The Labute approximate surface area is 102 Å². The summed E-state index contributed by atoms with van der Waals surface area (Å²) in [4.78, 5) is 0. The minimum Gasteiger partial charge on any atom is -0.761 e. The van der Waals surface area contributed by atoms with Crippen molar-refractivity contribution in [2.45, 2.75) is 38.9 Å². The summed E-state index contributed by atoms with van der Waals surface area (Å²) in [6.07, 6.45) is 0. The van der Waals surface area contributed by atoms with E-state index in [-0.39, 0.29) is 0 Å². The minimum atomic E-state index is -0.502. The van der Waals surface area contributed by atoms with Crippen LogP contribution >= 0.6 is 0 Å². The average molecular weight is 234 g/mol. The summed E-state index contributed by atoms with van der Waals surface area (Å²) in [6, 6.07) is 7.21. The van der Waals surface area contributed by atoms with Gasteiger partial charge in [0.1, 0.15) is 0 Å². The molecule has 5 heteroatoms. The predicted molar refractivity (Wildman–Crippen MR) is 69.1 cm³/mol. The molecule has 1 aliphatic rings. The fourth-order valence-electron chi connectivity index (χ4n) is 1.77. The number of nitrogens with one attached hydrogen (secondary N) is 1. The Bertz CT molecular complexity index is 404. The van der Waals surface area contributed by atoms with Crippen molar-refractivity contribution in [1.29, 1.82) is 0 Å². The Morgan fingerprint density at radius 1 is 1.06 bits per heavy atom. The van der Waals surface area contributed by atoms with Crippen LogP contribution in [0.3, 0.4) is 0 Å². The van der Waals surface area contributed by atoms with E-state index in [1.807, 2.05) is 45.3 Å². The molecule has 4 nitrogen and oxygen atoms in total. The molecule has 0 spiro atoms. The van der Waals surface area contributed by atoms with Crippen molar-refractivity contribution in [3.05, 3.63) is 29.5 Å². The first kappa shape index (κ1) is 12.4. The maximum absolute atomic E-state index is 10.9. The monoisotopic (exact) mass is 234 g/mol. The highest BCUT2D eigenvalue weighted by Gasteiger charge is 2.52. The average Bonchev–Trinajstić information content (AvgIpc) is 2.48. The van der Waals surface area contributed by atoms with E-state index in [1.54, 1.807) is 12.1 Å². The molecule has 0 radical (unpaired) electrons. The molecule has 1 heterocycles. The van der Waals surface area contributed by atoms with E-state index >= 15 is 0 Å². The third-order valence-corrected chi connectivity index (χ3v) is 3.58. The second-order valence-electron chi connectivity index (χ2n) is 5.28. The zero-order chi connectivity index (χ0) is 12.7. The van der Waals surface area contributed by atoms with Crippen LogP contribution in [0.15, 0.2) is 24.3 Å². The first-order valence-electron chi connectivity index (χ1n) is 5.70. The Morgan fingerprint density at radius 3 is 2.12 bits per heavy atom. The number of hydrogen-bond donors (Lipinski definition) is 1. The van der Waals surface area contributed by atoms with Crippen molar-refractivity contribution < 1.29 is 9.31 Å². The van der Waals surface area contributed by atoms with Gasteiger partial charge in [-0.1, -0.05) is 18.2 Å². The van der Waals surface area contributed by atoms with Crippen LogP contribution in [-0.2, 0) is 9.31 Å². The molecule has 0 atom stereocenters. The van der Waals surface area contributed by atoms with Crippen LogP contribution in [0.2, 0.25) is 0 Å². The van der Waals surface area contributed by atoms with Crippen LogP contribution in [0.25, 0.3) is 0 Å². The molecule has 0 aliphatic carbocycles. The van der Waals surface area contributed by atoms with E-state index in [0.29, 0.717) is 5.69 Å². The molecule has 1 aromatic rings. The van der Waals surface area contributed by atoms with Gasteiger partial charge in [0, 0.05) is 11.2 Å². The van der Waals surface area contributed by atoms with Crippen molar-refractivity contribution in [2.75, 3.05) is 5.48 Å². The lowest BCUT2D eigenvalue weighted by atomic mass is 9.78. The van der Waals surface area contributed by atoms with Gasteiger partial charge in [-0.2, -0.15) is 0 Å². The fourth-order valence-corrected chi connectivity index (χ4v) is 1.77. The van der Waals surface area contributed by atoms with Crippen molar-refractivity contribution in [1.82, 2.24) is 0 Å². The molecule has 1 N–H and O–H groups in total. The Morgan fingerprint density at radius 2 is 1.59 bits per heavy atom. The van der Waals surface area contributed by atoms with Gasteiger partial charge >= 0.3 is 7.12 Å². The van der Waals surface area contributed by atoms with E-state index in [0.717, 1.165) is 5.46 Å². The molecule has 0 amide bonds. The SMILES string of the molecule is CC1(C)OB(c2ccccc2N[O-])OC1(C)C. The normalized spacial score (nSPS) is 21.6. The van der Waals surface area contributed by atoms with E-state index in [4.69, 9.17) is 9.31 Å². The van der Waals surface area contributed by atoms with Gasteiger partial charge in [-0.25, -0.2) is 0 Å². The number of anilines is 1. The molecular formula is C12H17BNO3-. The predicted octanol–water partition coefficient (Wildman–Crippen LogP) is 1.90. The van der Waals surface area contributed by atoms with Crippen molar-refractivity contribution in [3.8, 4) is 0 Å². The van der Waals surface area contributed by atoms with Gasteiger partial charge in [-0.3, -0.25) is 0 Å². The standard InChI is InChI=1S/C12H17BNO3/c1-11(2)12(3,4)17-13(16-11)9-7-5-6-8-10(9)14-15/h5-8,14H,1-4H3/q-1. The summed E-state index contributed by atoms with van der Waals surface area (Å²) >= 11 is 0. The van der Waals surface area contributed by atoms with Gasteiger partial charge in [-0.15, -0.1) is 0 Å². The third-order valence-electron chi connectivity index (χ3n) is 3.58. The van der Waals surface area contributed by atoms with Crippen molar-refractivity contribution in [3.63, 3.8) is 0 Å². The maximum Gasteiger partial charge on any atom is 0.496 e. The fraction of sp³-hybridized carbons (Fsp3) is 0.500. The summed E-state index contributed by atoms with van der Waals surface area (Å²) < 4.78 is 11.8. The smallest absolute Gasteiger partial charge is 0.496 e. The quantitative estimate of drug-likeness (QED) is 0.627. The summed E-state index contributed by atoms with van der Waals surface area (Å²) in [5, 5.41) is 10.9. The van der Waals surface area contributed by atoms with Crippen molar-refractivity contribution >= 4 is 18.3 Å². The molecule has 1 saturated heterocycles. The highest BCUT2D eigenvalue weighted by molar-refractivity contribution is 6.63. The second kappa shape index (κ2) is 4.01. The highest BCUT2D eigenvalue weighted by Crippen LogP contribution is 2.36. The molecule has 1 aliphatic heterocycles. The molecule has 0 saturated carbocycles. The molecule has 0 aromatic heterocycles. The Balaban J connectivity index is 2.32. The Kier molecular flexibility index (Phi) is 2.93. The summed E-state index contributed by atoms with van der Waals surface area (Å²) in [7, 11) is -0.502. The lowest BCUT2D eigenvalue weighted by Gasteiger charge is -2.32. The molecule has 17 heavy (non-hydrogen) atoms. The molecule has 1 fully saturated rings. The van der Waals surface area contributed by atoms with Gasteiger partial charge < -0.3 is 20.0 Å². The van der Waals surface area contributed by atoms with Crippen LogP contribution in [0.1, 0.15) is 27.7 Å². The molecule has 0 bridgehead atoms. The third kappa shape index (κ3) is 2.06. The zero-order valence-corrected chi connectivity index (χ0v) is 10.6. The number of benzene rings is 1. The van der Waals surface area contributed by atoms with Crippen LogP contribution in [0.5, 0.6) is 0 Å². The summed E-state index contributed by atoms with van der Waals surface area (Å²) in [5.41, 5.74) is 2.36. The number of hydrogen-bond acceptors (Lipinski definition) is 4. The second-order valence-corrected chi connectivity index (χ2v) is 5.28. The van der Waals surface area contributed by atoms with Gasteiger partial charge in [0.2, 0.25) is 0 Å². The van der Waals surface area contributed by atoms with Gasteiger partial charge in [0.05, 0.1) is 11.2 Å². The molecular weight excluding hydrogens is 217 g/mol. The largest absolute Gasteiger partial charge is 0.761 e. The number of rotatable bonds is 2. The lowest BCUT2D eigenvalue weighted by Crippen LogP contribution is -2.41. The first-order chi connectivity index (χ1) is 7.87. The molecule has 2 rings (SSSR count). The van der Waals surface area contributed by atoms with Gasteiger partial charge in [0.25, 0.3) is 0 Å². The zero-order valence-electron chi connectivity index (χ0n) is 10.6. The molecule has 92 valence electrons. The van der Waals surface area contributed by atoms with E-state index < -0.39 is 18.3 Å². The van der Waals surface area contributed by atoms with E-state index in [1.165, 1.54) is 0 Å². The maximum atomic E-state index is 10.9. The van der Waals surface area contributed by atoms with Crippen LogP contribution in [-0.4, -0.2) is 18.3 Å². The van der Waals surface area contributed by atoms with Crippen molar-refractivity contribution in [2.24, 2.45) is 0 Å². The number of para-hydroxylation sites is 1. The summed E-state index contributed by atoms with van der Waals surface area (Å²) in [6.45, 7) is 7.95. The van der Waals surface area contributed by atoms with Crippen LogP contribution < -0.4 is 10.9 Å². The van der Waals surface area contributed by atoms with Gasteiger partial charge in [-0.05, 0) is 33.8 Å². The highest BCUT2D eigenvalue weighted by atomic mass is 16.7. The van der Waals surface area contributed by atoms with Crippen LogP contribution in [0.4, 0.5) is 5.69 Å². The summed E-state index contributed by atoms with van der Waals surface area (Å²) in [5.74, 6) is 0. The molecule has 0 unspecified atom stereocenters. The first-order valence-corrected chi connectivity index (χ1v) is 5.70. The lowest BCUT2D eigenvalue weighted by molar-refractivity contribution is 0.00578. The van der Waals surface area contributed by atoms with E-state index in [2.05, 4.69) is 0 Å². The van der Waals surface area contributed by atoms with Gasteiger partial charge in [0.15, 0.2) is 0 Å². The molecule has 1 aromatic carbocycles. The van der Waals surface area contributed by atoms with Crippen LogP contribution in [0, 0.1) is 5.21 Å². The minimum absolute atomic E-state index is 0.395. The Hall–Kier alpha value is -1.04. The topological polar surface area (TPSA) is 53.5 Å².